The van der Waals surface area contributed by atoms with Crippen molar-refractivity contribution in [3.05, 3.63) is 35.4 Å². The summed E-state index contributed by atoms with van der Waals surface area (Å²) in [5.74, 6) is 0. The first kappa shape index (κ1) is 14.9. The number of aryl methyl sites for hydroxylation is 1. The van der Waals surface area contributed by atoms with E-state index in [0.29, 0.717) is 12.6 Å². The molecule has 1 aliphatic heterocycles. The van der Waals surface area contributed by atoms with Crippen molar-refractivity contribution in [2.24, 2.45) is 0 Å². The molecule has 4 heteroatoms. The number of amides is 1. The predicted octanol–water partition coefficient (Wildman–Crippen LogP) is 2.71. The number of nitrogens with one attached hydrogen (secondary N) is 1. The summed E-state index contributed by atoms with van der Waals surface area (Å²) >= 11 is 0. The maximum Gasteiger partial charge on any atom is 0.409 e. The fraction of sp³-hybridized carbons (Fsp3) is 0.562. The van der Waals surface area contributed by atoms with Crippen LogP contribution in [0.3, 0.4) is 0 Å². The van der Waals surface area contributed by atoms with Gasteiger partial charge in [0.15, 0.2) is 0 Å². The second-order valence-corrected chi connectivity index (χ2v) is 5.33. The Balaban J connectivity index is 1.72. The van der Waals surface area contributed by atoms with Gasteiger partial charge in [0, 0.05) is 25.7 Å². The monoisotopic (exact) mass is 276 g/mol. The number of hydrogen-bond acceptors (Lipinski definition) is 3. The minimum atomic E-state index is -0.176. The second kappa shape index (κ2) is 7.29. The third-order valence-electron chi connectivity index (χ3n) is 3.74. The molecule has 1 amide bonds. The molecule has 1 aromatic carbocycles. The van der Waals surface area contributed by atoms with Crippen molar-refractivity contribution in [3.63, 3.8) is 0 Å². The molecule has 4 nitrogen and oxygen atoms in total. The zero-order chi connectivity index (χ0) is 14.4. The Hall–Kier alpha value is -1.55. The standard InChI is InChI=1S/C16H24N2O2/c1-3-20-16(19)18-10-8-15(9-11-18)17-12-14-6-4-13(2)5-7-14/h4-7,15,17H,3,8-12H2,1-2H3. The van der Waals surface area contributed by atoms with Gasteiger partial charge in [-0.25, -0.2) is 4.79 Å². The summed E-state index contributed by atoms with van der Waals surface area (Å²) in [6.45, 7) is 6.85. The maximum absolute atomic E-state index is 11.6. The smallest absolute Gasteiger partial charge is 0.409 e. The van der Waals surface area contributed by atoms with Gasteiger partial charge in [0.1, 0.15) is 0 Å². The molecule has 1 N–H and O–H groups in total. The van der Waals surface area contributed by atoms with Crippen molar-refractivity contribution >= 4 is 6.09 Å². The molecule has 20 heavy (non-hydrogen) atoms. The average Bonchev–Trinajstić information content (AvgIpc) is 2.47. The summed E-state index contributed by atoms with van der Waals surface area (Å²) in [4.78, 5) is 13.4. The number of piperidine rings is 1. The van der Waals surface area contributed by atoms with Crippen LogP contribution < -0.4 is 5.32 Å². The van der Waals surface area contributed by atoms with E-state index in [2.05, 4.69) is 36.5 Å². The van der Waals surface area contributed by atoms with Crippen LogP contribution in [0, 0.1) is 6.92 Å². The molecule has 0 aromatic heterocycles. The van der Waals surface area contributed by atoms with Gasteiger partial charge in [-0.2, -0.15) is 0 Å². The van der Waals surface area contributed by atoms with Crippen LogP contribution in [0.2, 0.25) is 0 Å². The fourth-order valence-corrected chi connectivity index (χ4v) is 2.45. The molecule has 0 bridgehead atoms. The number of benzene rings is 1. The van der Waals surface area contributed by atoms with Crippen LogP contribution >= 0.6 is 0 Å². The van der Waals surface area contributed by atoms with Gasteiger partial charge in [0.25, 0.3) is 0 Å². The first-order chi connectivity index (χ1) is 9.69. The van der Waals surface area contributed by atoms with E-state index in [9.17, 15) is 4.79 Å². The molecule has 0 spiro atoms. The van der Waals surface area contributed by atoms with Gasteiger partial charge in [-0.1, -0.05) is 29.8 Å². The van der Waals surface area contributed by atoms with Gasteiger partial charge in [-0.15, -0.1) is 0 Å². The summed E-state index contributed by atoms with van der Waals surface area (Å²) in [5, 5.41) is 3.57. The quantitative estimate of drug-likeness (QED) is 0.919. The molecule has 2 rings (SSSR count). The van der Waals surface area contributed by atoms with Crippen LogP contribution in [0.15, 0.2) is 24.3 Å². The van der Waals surface area contributed by atoms with E-state index >= 15 is 0 Å². The minimum Gasteiger partial charge on any atom is -0.450 e. The molecular weight excluding hydrogens is 252 g/mol. The summed E-state index contributed by atoms with van der Waals surface area (Å²) in [5.41, 5.74) is 2.60. The lowest BCUT2D eigenvalue weighted by Crippen LogP contribution is -2.44. The van der Waals surface area contributed by atoms with E-state index in [1.165, 1.54) is 11.1 Å². The summed E-state index contributed by atoms with van der Waals surface area (Å²) in [6.07, 6.45) is 1.81. The van der Waals surface area contributed by atoms with Gasteiger partial charge >= 0.3 is 6.09 Å². The first-order valence-electron chi connectivity index (χ1n) is 7.39. The van der Waals surface area contributed by atoms with E-state index in [0.717, 1.165) is 32.5 Å². The molecule has 110 valence electrons. The average molecular weight is 276 g/mol. The Labute approximate surface area is 121 Å². The van der Waals surface area contributed by atoms with E-state index in [1.54, 1.807) is 4.90 Å². The van der Waals surface area contributed by atoms with Gasteiger partial charge in [-0.05, 0) is 32.3 Å². The highest BCUT2D eigenvalue weighted by Gasteiger charge is 2.22. The third kappa shape index (κ3) is 4.23. The van der Waals surface area contributed by atoms with Crippen molar-refractivity contribution in [3.8, 4) is 0 Å². The number of hydrogen-bond donors (Lipinski definition) is 1. The minimum absolute atomic E-state index is 0.176. The molecule has 0 radical (unpaired) electrons. The molecule has 1 aromatic rings. The zero-order valence-corrected chi connectivity index (χ0v) is 12.4. The normalized spacial score (nSPS) is 16.2. The molecular formula is C16H24N2O2. The van der Waals surface area contributed by atoms with Gasteiger partial charge < -0.3 is 15.0 Å². The van der Waals surface area contributed by atoms with Crippen molar-refractivity contribution in [2.45, 2.75) is 39.3 Å². The van der Waals surface area contributed by atoms with Crippen molar-refractivity contribution in [1.82, 2.24) is 10.2 Å². The Kier molecular flexibility index (Phi) is 5.41. The van der Waals surface area contributed by atoms with Crippen LogP contribution in [0.1, 0.15) is 30.9 Å². The van der Waals surface area contributed by atoms with E-state index in [1.807, 2.05) is 6.92 Å². The van der Waals surface area contributed by atoms with Crippen LogP contribution in [0.5, 0.6) is 0 Å². The van der Waals surface area contributed by atoms with E-state index in [4.69, 9.17) is 4.74 Å². The highest BCUT2D eigenvalue weighted by molar-refractivity contribution is 5.67. The Bertz CT molecular complexity index is 423. The lowest BCUT2D eigenvalue weighted by Gasteiger charge is -2.31. The largest absolute Gasteiger partial charge is 0.450 e. The van der Waals surface area contributed by atoms with Crippen LogP contribution in [0.4, 0.5) is 4.79 Å². The SMILES string of the molecule is CCOC(=O)N1CCC(NCc2ccc(C)cc2)CC1. The highest BCUT2D eigenvalue weighted by atomic mass is 16.6. The van der Waals surface area contributed by atoms with Crippen LogP contribution in [0.25, 0.3) is 0 Å². The second-order valence-electron chi connectivity index (χ2n) is 5.33. The fourth-order valence-electron chi connectivity index (χ4n) is 2.45. The van der Waals surface area contributed by atoms with E-state index in [-0.39, 0.29) is 6.09 Å². The van der Waals surface area contributed by atoms with Gasteiger partial charge in [-0.3, -0.25) is 0 Å². The first-order valence-corrected chi connectivity index (χ1v) is 7.39. The third-order valence-corrected chi connectivity index (χ3v) is 3.74. The Morgan fingerprint density at radius 3 is 2.55 bits per heavy atom. The highest BCUT2D eigenvalue weighted by Crippen LogP contribution is 2.12. The molecule has 0 unspecified atom stereocenters. The topological polar surface area (TPSA) is 41.6 Å². The van der Waals surface area contributed by atoms with Gasteiger partial charge in [0.2, 0.25) is 0 Å². The lowest BCUT2D eigenvalue weighted by molar-refractivity contribution is 0.0950. The van der Waals surface area contributed by atoms with Crippen LogP contribution in [-0.2, 0) is 11.3 Å². The van der Waals surface area contributed by atoms with Crippen LogP contribution in [-0.4, -0.2) is 36.7 Å². The molecule has 1 fully saturated rings. The lowest BCUT2D eigenvalue weighted by atomic mass is 10.0. The summed E-state index contributed by atoms with van der Waals surface area (Å²) in [6, 6.07) is 9.09. The van der Waals surface area contributed by atoms with Crippen molar-refractivity contribution < 1.29 is 9.53 Å². The maximum atomic E-state index is 11.6. The zero-order valence-electron chi connectivity index (χ0n) is 12.4. The molecule has 1 saturated heterocycles. The molecule has 1 aliphatic rings. The number of likely N-dealkylation sites (tertiary alicyclic amines) is 1. The molecule has 0 aliphatic carbocycles. The molecule has 0 saturated carbocycles. The Morgan fingerprint density at radius 1 is 1.30 bits per heavy atom. The Morgan fingerprint density at radius 2 is 1.95 bits per heavy atom. The van der Waals surface area contributed by atoms with Crippen molar-refractivity contribution in [2.75, 3.05) is 19.7 Å². The number of nitrogens with zero attached hydrogens (tertiary/aromatic N) is 1. The summed E-state index contributed by atoms with van der Waals surface area (Å²) in [7, 11) is 0. The van der Waals surface area contributed by atoms with Crippen molar-refractivity contribution in [1.29, 1.82) is 0 Å². The molecule has 1 heterocycles. The number of rotatable bonds is 4. The summed E-state index contributed by atoms with van der Waals surface area (Å²) < 4.78 is 5.02. The molecule has 0 atom stereocenters. The number of carbonyl (C=O) groups excluding carboxylic acids is 1. The van der Waals surface area contributed by atoms with Gasteiger partial charge in [0.05, 0.1) is 6.61 Å². The number of carbonyl (C=O) groups is 1. The number of ether oxygens (including phenoxy) is 1. The van der Waals surface area contributed by atoms with E-state index < -0.39 is 0 Å². The predicted molar refractivity (Wildman–Crippen MR) is 79.6 cm³/mol.